The molecule has 35 heavy (non-hydrogen) atoms. The van der Waals surface area contributed by atoms with Gasteiger partial charge in [-0.3, -0.25) is 4.79 Å². The molecule has 182 valence electrons. The van der Waals surface area contributed by atoms with Gasteiger partial charge in [-0.05, 0) is 46.7 Å². The Morgan fingerprint density at radius 2 is 1.63 bits per heavy atom. The fraction of sp³-hybridized carbons (Fsp3) is 0.296. The van der Waals surface area contributed by atoms with Gasteiger partial charge in [0, 0.05) is 18.9 Å². The number of carbonyl (C=O) groups is 3. The van der Waals surface area contributed by atoms with E-state index in [-0.39, 0.29) is 43.1 Å². The number of hydrogen-bond donors (Lipinski definition) is 3. The van der Waals surface area contributed by atoms with Crippen LogP contribution in [0.5, 0.6) is 0 Å². The number of carbonyl (C=O) groups excluding carboxylic acids is 2. The molecule has 0 spiro atoms. The predicted octanol–water partition coefficient (Wildman–Crippen LogP) is 4.55. The van der Waals surface area contributed by atoms with Gasteiger partial charge in [0.05, 0.1) is 6.54 Å². The lowest BCUT2D eigenvalue weighted by atomic mass is 9.98. The maximum Gasteiger partial charge on any atom is 0.407 e. The molecule has 0 saturated carbocycles. The zero-order valence-electron chi connectivity index (χ0n) is 19.5. The van der Waals surface area contributed by atoms with Crippen LogP contribution in [0.1, 0.15) is 53.1 Å². The first-order valence-electron chi connectivity index (χ1n) is 11.6. The minimum atomic E-state index is -1.15. The second-order valence-corrected chi connectivity index (χ2v) is 8.70. The Bertz CT molecular complexity index is 1170. The van der Waals surface area contributed by atoms with Crippen molar-refractivity contribution >= 4 is 18.0 Å². The van der Waals surface area contributed by atoms with Gasteiger partial charge < -0.3 is 24.9 Å². The minimum Gasteiger partial charge on any atom is -0.475 e. The molecule has 1 aliphatic carbocycles. The third kappa shape index (κ3) is 5.90. The molecule has 1 aromatic heterocycles. The maximum absolute atomic E-state index is 12.3. The first-order chi connectivity index (χ1) is 16.9. The van der Waals surface area contributed by atoms with Gasteiger partial charge in [-0.1, -0.05) is 55.5 Å². The van der Waals surface area contributed by atoms with Crippen molar-refractivity contribution in [3.63, 3.8) is 0 Å². The average Bonchev–Trinajstić information content (AvgIpc) is 3.47. The number of carboxylic acid groups (broad SMARTS) is 1. The fourth-order valence-electron chi connectivity index (χ4n) is 4.25. The summed E-state index contributed by atoms with van der Waals surface area (Å²) in [6.45, 7) is 2.72. The van der Waals surface area contributed by atoms with Crippen LogP contribution >= 0.6 is 0 Å². The molecule has 0 saturated heterocycles. The normalized spacial score (nSPS) is 12.9. The van der Waals surface area contributed by atoms with Gasteiger partial charge >= 0.3 is 12.1 Å². The lowest BCUT2D eigenvalue weighted by Gasteiger charge is -2.16. The monoisotopic (exact) mass is 476 g/mol. The molecule has 1 heterocycles. The van der Waals surface area contributed by atoms with E-state index in [1.165, 1.54) is 23.3 Å². The molecule has 0 fully saturated rings. The second-order valence-electron chi connectivity index (χ2n) is 8.70. The van der Waals surface area contributed by atoms with E-state index in [0.717, 1.165) is 11.1 Å². The van der Waals surface area contributed by atoms with E-state index < -0.39 is 12.1 Å². The summed E-state index contributed by atoms with van der Waals surface area (Å²) in [5.41, 5.74) is 4.68. The standard InChI is InChI=1S/C27H28N2O6/c1-17(10-13-25(30)28-15-18-11-12-24(35-18)26(31)32)14-29-27(33)34-16-23-21-8-4-2-6-19(21)20-7-3-5-9-22(20)23/h2-9,11-12,17,23H,10,13-16H2,1H3,(H,28,30)(H,29,33)(H,31,32). The molecule has 4 rings (SSSR count). The Balaban J connectivity index is 1.17. The first kappa shape index (κ1) is 24.1. The summed E-state index contributed by atoms with van der Waals surface area (Å²) >= 11 is 0. The molecular weight excluding hydrogens is 448 g/mol. The number of amides is 2. The second kappa shape index (κ2) is 10.9. The van der Waals surface area contributed by atoms with Crippen molar-refractivity contribution in [2.75, 3.05) is 13.2 Å². The molecule has 0 radical (unpaired) electrons. The number of nitrogens with one attached hydrogen (secondary N) is 2. The Hall–Kier alpha value is -4.07. The molecular formula is C27H28N2O6. The van der Waals surface area contributed by atoms with Crippen LogP contribution in [0.25, 0.3) is 11.1 Å². The van der Waals surface area contributed by atoms with E-state index in [2.05, 4.69) is 34.9 Å². The van der Waals surface area contributed by atoms with Gasteiger partial charge in [0.25, 0.3) is 0 Å². The number of hydrogen-bond acceptors (Lipinski definition) is 5. The fourth-order valence-corrected chi connectivity index (χ4v) is 4.25. The number of benzene rings is 2. The highest BCUT2D eigenvalue weighted by Crippen LogP contribution is 2.44. The predicted molar refractivity (Wildman–Crippen MR) is 129 cm³/mol. The molecule has 1 unspecified atom stereocenters. The van der Waals surface area contributed by atoms with E-state index in [9.17, 15) is 14.4 Å². The van der Waals surface area contributed by atoms with Crippen molar-refractivity contribution < 1.29 is 28.6 Å². The van der Waals surface area contributed by atoms with Crippen molar-refractivity contribution in [3.05, 3.63) is 83.3 Å². The zero-order chi connectivity index (χ0) is 24.8. The molecule has 0 bridgehead atoms. The van der Waals surface area contributed by atoms with Crippen LogP contribution < -0.4 is 10.6 Å². The zero-order valence-corrected chi connectivity index (χ0v) is 19.5. The highest BCUT2D eigenvalue weighted by molar-refractivity contribution is 5.84. The summed E-state index contributed by atoms with van der Waals surface area (Å²) in [7, 11) is 0. The SMILES string of the molecule is CC(CCC(=O)NCc1ccc(C(=O)O)o1)CNC(=O)OCC1c2ccccc2-c2ccccc21. The Morgan fingerprint density at radius 3 is 2.26 bits per heavy atom. The number of fused-ring (bicyclic) bond motifs is 3. The molecule has 1 aliphatic rings. The number of aromatic carboxylic acids is 1. The summed E-state index contributed by atoms with van der Waals surface area (Å²) in [6.07, 6.45) is 0.379. The van der Waals surface area contributed by atoms with Crippen molar-refractivity contribution in [2.24, 2.45) is 5.92 Å². The third-order valence-electron chi connectivity index (χ3n) is 6.13. The van der Waals surface area contributed by atoms with Crippen LogP contribution in [0.3, 0.4) is 0 Å². The number of furan rings is 1. The highest BCUT2D eigenvalue weighted by atomic mass is 16.5. The van der Waals surface area contributed by atoms with Gasteiger partial charge in [-0.15, -0.1) is 0 Å². The van der Waals surface area contributed by atoms with Crippen LogP contribution in [-0.2, 0) is 16.1 Å². The Labute approximate surface area is 203 Å². The summed E-state index contributed by atoms with van der Waals surface area (Å²) < 4.78 is 10.6. The van der Waals surface area contributed by atoms with Crippen LogP contribution in [0.4, 0.5) is 4.79 Å². The minimum absolute atomic E-state index is 0.00927. The van der Waals surface area contributed by atoms with Gasteiger partial charge in [-0.25, -0.2) is 9.59 Å². The highest BCUT2D eigenvalue weighted by Gasteiger charge is 2.29. The summed E-state index contributed by atoms with van der Waals surface area (Å²) in [4.78, 5) is 35.2. The molecule has 3 aromatic rings. The number of carboxylic acids is 1. The Kier molecular flexibility index (Phi) is 7.50. The van der Waals surface area contributed by atoms with E-state index in [0.29, 0.717) is 18.7 Å². The molecule has 2 amide bonds. The molecule has 8 heteroatoms. The molecule has 1 atom stereocenters. The molecule has 0 aliphatic heterocycles. The lowest BCUT2D eigenvalue weighted by Crippen LogP contribution is -2.31. The van der Waals surface area contributed by atoms with Gasteiger partial charge in [0.15, 0.2) is 0 Å². The van der Waals surface area contributed by atoms with Crippen LogP contribution in [0, 0.1) is 5.92 Å². The summed E-state index contributed by atoms with van der Waals surface area (Å²) in [6, 6.07) is 19.2. The van der Waals surface area contributed by atoms with E-state index in [1.54, 1.807) is 0 Å². The van der Waals surface area contributed by atoms with Gasteiger partial charge in [0.1, 0.15) is 12.4 Å². The van der Waals surface area contributed by atoms with Crippen molar-refractivity contribution in [2.45, 2.75) is 32.2 Å². The smallest absolute Gasteiger partial charge is 0.407 e. The summed E-state index contributed by atoms with van der Waals surface area (Å²) in [5.74, 6) is -1.03. The number of rotatable bonds is 10. The molecule has 3 N–H and O–H groups in total. The molecule has 8 nitrogen and oxygen atoms in total. The topological polar surface area (TPSA) is 118 Å². The van der Waals surface area contributed by atoms with E-state index >= 15 is 0 Å². The number of alkyl carbamates (subject to hydrolysis) is 1. The van der Waals surface area contributed by atoms with E-state index in [1.807, 2.05) is 31.2 Å². The van der Waals surface area contributed by atoms with Crippen LogP contribution in [0.15, 0.2) is 65.1 Å². The van der Waals surface area contributed by atoms with E-state index in [4.69, 9.17) is 14.3 Å². The average molecular weight is 477 g/mol. The first-order valence-corrected chi connectivity index (χ1v) is 11.6. The van der Waals surface area contributed by atoms with Crippen molar-refractivity contribution in [1.82, 2.24) is 10.6 Å². The largest absolute Gasteiger partial charge is 0.475 e. The number of ether oxygens (including phenoxy) is 1. The summed E-state index contributed by atoms with van der Waals surface area (Å²) in [5, 5.41) is 14.3. The van der Waals surface area contributed by atoms with Gasteiger partial charge in [-0.2, -0.15) is 0 Å². The lowest BCUT2D eigenvalue weighted by molar-refractivity contribution is -0.121. The quantitative estimate of drug-likeness (QED) is 0.395. The molecule has 2 aromatic carbocycles. The van der Waals surface area contributed by atoms with Crippen LogP contribution in [-0.4, -0.2) is 36.2 Å². The van der Waals surface area contributed by atoms with Crippen molar-refractivity contribution in [3.8, 4) is 11.1 Å². The van der Waals surface area contributed by atoms with Crippen LogP contribution in [0.2, 0.25) is 0 Å². The third-order valence-corrected chi connectivity index (χ3v) is 6.13. The van der Waals surface area contributed by atoms with Gasteiger partial charge in [0.2, 0.25) is 11.7 Å². The Morgan fingerprint density at radius 1 is 0.971 bits per heavy atom. The van der Waals surface area contributed by atoms with Crippen molar-refractivity contribution in [1.29, 1.82) is 0 Å². The maximum atomic E-state index is 12.3.